The lowest BCUT2D eigenvalue weighted by molar-refractivity contribution is 0.416. The van der Waals surface area contributed by atoms with Gasteiger partial charge >= 0.3 is 0 Å². The van der Waals surface area contributed by atoms with Crippen molar-refractivity contribution >= 4 is 17.4 Å². The van der Waals surface area contributed by atoms with Crippen molar-refractivity contribution in [2.45, 2.75) is 18.8 Å². The number of pyridine rings is 1. The van der Waals surface area contributed by atoms with Crippen LogP contribution in [0.4, 0.5) is 0 Å². The van der Waals surface area contributed by atoms with E-state index in [-0.39, 0.29) is 0 Å². The van der Waals surface area contributed by atoms with Crippen molar-refractivity contribution in [3.05, 3.63) is 24.2 Å². The van der Waals surface area contributed by atoms with E-state index in [1.807, 2.05) is 34.6 Å². The zero-order valence-corrected chi connectivity index (χ0v) is 10.6. The minimum atomic E-state index is 0.498. The summed E-state index contributed by atoms with van der Waals surface area (Å²) in [6, 6.07) is 3.85. The van der Waals surface area contributed by atoms with Crippen molar-refractivity contribution in [3.8, 4) is 5.75 Å². The molecule has 17 heavy (non-hydrogen) atoms. The molecular formula is C12H15N3OS. The van der Waals surface area contributed by atoms with Crippen LogP contribution in [0.1, 0.15) is 24.6 Å². The zero-order valence-electron chi connectivity index (χ0n) is 9.80. The Bertz CT molecular complexity index is 519. The lowest BCUT2D eigenvalue weighted by Gasteiger charge is -2.17. The largest absolute Gasteiger partial charge is 0.493 e. The van der Waals surface area contributed by atoms with Crippen LogP contribution in [0.3, 0.4) is 0 Å². The quantitative estimate of drug-likeness (QED) is 0.819. The van der Waals surface area contributed by atoms with E-state index >= 15 is 0 Å². The molecule has 3 heterocycles. The number of rotatable bonds is 2. The molecule has 3 rings (SSSR count). The second-order valence-corrected chi connectivity index (χ2v) is 5.38. The molecule has 4 nitrogen and oxygen atoms in total. The maximum Gasteiger partial charge on any atom is 0.198 e. The standard InChI is InChI=1S/C12H15N3OS/c1-16-10-5-2-6-15-12(10)13-11(14-15)9-4-3-7-17-8-9/h2,5-6,9H,3-4,7-8H2,1H3. The Kier molecular flexibility index (Phi) is 2.93. The monoisotopic (exact) mass is 249 g/mol. The average Bonchev–Trinajstić information content (AvgIpc) is 2.83. The molecule has 2 aromatic rings. The molecule has 1 aliphatic heterocycles. The first-order valence-corrected chi connectivity index (χ1v) is 7.01. The van der Waals surface area contributed by atoms with Gasteiger partial charge in [0.1, 0.15) is 0 Å². The molecule has 0 radical (unpaired) electrons. The SMILES string of the molecule is COc1cccn2nc(C3CCCSC3)nc12. The minimum Gasteiger partial charge on any atom is -0.493 e. The summed E-state index contributed by atoms with van der Waals surface area (Å²) < 4.78 is 7.11. The number of fused-ring (bicyclic) bond motifs is 1. The highest BCUT2D eigenvalue weighted by Crippen LogP contribution is 2.30. The summed E-state index contributed by atoms with van der Waals surface area (Å²) in [5.41, 5.74) is 0.820. The lowest BCUT2D eigenvalue weighted by Crippen LogP contribution is -2.10. The topological polar surface area (TPSA) is 39.4 Å². The molecule has 1 aliphatic rings. The third kappa shape index (κ3) is 1.99. The van der Waals surface area contributed by atoms with Crippen LogP contribution < -0.4 is 4.74 Å². The molecular weight excluding hydrogens is 234 g/mol. The molecule has 0 N–H and O–H groups in total. The third-order valence-electron chi connectivity index (χ3n) is 3.09. The van der Waals surface area contributed by atoms with Crippen LogP contribution in [0, 0.1) is 0 Å². The summed E-state index contributed by atoms with van der Waals surface area (Å²) in [4.78, 5) is 4.62. The third-order valence-corrected chi connectivity index (χ3v) is 4.30. The van der Waals surface area contributed by atoms with Gasteiger partial charge < -0.3 is 4.74 Å². The lowest BCUT2D eigenvalue weighted by atomic mass is 10.1. The minimum absolute atomic E-state index is 0.498. The summed E-state index contributed by atoms with van der Waals surface area (Å²) >= 11 is 2.00. The van der Waals surface area contributed by atoms with E-state index < -0.39 is 0 Å². The second-order valence-electron chi connectivity index (χ2n) is 4.23. The fourth-order valence-electron chi connectivity index (χ4n) is 2.17. The summed E-state index contributed by atoms with van der Waals surface area (Å²) in [5, 5.41) is 4.56. The van der Waals surface area contributed by atoms with E-state index in [1.54, 1.807) is 7.11 Å². The molecule has 0 saturated carbocycles. The molecule has 1 fully saturated rings. The van der Waals surface area contributed by atoms with Gasteiger partial charge in [-0.05, 0) is 30.7 Å². The first-order chi connectivity index (χ1) is 8.38. The number of hydrogen-bond donors (Lipinski definition) is 0. The fourth-order valence-corrected chi connectivity index (χ4v) is 3.31. The van der Waals surface area contributed by atoms with Crippen LogP contribution in [0.2, 0.25) is 0 Å². The van der Waals surface area contributed by atoms with Crippen LogP contribution >= 0.6 is 11.8 Å². The first kappa shape index (κ1) is 10.9. The van der Waals surface area contributed by atoms with Crippen LogP contribution in [0.25, 0.3) is 5.65 Å². The van der Waals surface area contributed by atoms with Crippen molar-refractivity contribution in [1.29, 1.82) is 0 Å². The van der Waals surface area contributed by atoms with E-state index in [0.29, 0.717) is 5.92 Å². The molecule has 90 valence electrons. The fraction of sp³-hybridized carbons (Fsp3) is 0.500. The Morgan fingerprint density at radius 3 is 3.24 bits per heavy atom. The summed E-state index contributed by atoms with van der Waals surface area (Å²) in [5.74, 6) is 4.65. The number of hydrogen-bond acceptors (Lipinski definition) is 4. The first-order valence-electron chi connectivity index (χ1n) is 5.85. The highest BCUT2D eigenvalue weighted by atomic mass is 32.2. The van der Waals surface area contributed by atoms with Crippen molar-refractivity contribution in [3.63, 3.8) is 0 Å². The van der Waals surface area contributed by atoms with Crippen molar-refractivity contribution in [1.82, 2.24) is 14.6 Å². The number of methoxy groups -OCH3 is 1. The van der Waals surface area contributed by atoms with Gasteiger partial charge in [0, 0.05) is 17.9 Å². The summed E-state index contributed by atoms with van der Waals surface area (Å²) in [7, 11) is 1.67. The van der Waals surface area contributed by atoms with E-state index in [0.717, 1.165) is 23.0 Å². The maximum absolute atomic E-state index is 5.30. The normalized spacial score (nSPS) is 20.6. The molecule has 0 aliphatic carbocycles. The number of ether oxygens (including phenoxy) is 1. The smallest absolute Gasteiger partial charge is 0.198 e. The van der Waals surface area contributed by atoms with E-state index in [1.165, 1.54) is 18.6 Å². The molecule has 2 aromatic heterocycles. The van der Waals surface area contributed by atoms with Crippen LogP contribution in [-0.4, -0.2) is 33.2 Å². The Morgan fingerprint density at radius 2 is 2.47 bits per heavy atom. The van der Waals surface area contributed by atoms with Crippen molar-refractivity contribution in [2.75, 3.05) is 18.6 Å². The predicted molar refractivity (Wildman–Crippen MR) is 68.8 cm³/mol. The highest BCUT2D eigenvalue weighted by molar-refractivity contribution is 7.99. The average molecular weight is 249 g/mol. The van der Waals surface area contributed by atoms with Crippen LogP contribution in [0.15, 0.2) is 18.3 Å². The molecule has 0 amide bonds. The van der Waals surface area contributed by atoms with Gasteiger partial charge in [0.05, 0.1) is 7.11 Å². The Balaban J connectivity index is 2.00. The zero-order chi connectivity index (χ0) is 11.7. The van der Waals surface area contributed by atoms with Gasteiger partial charge in [-0.3, -0.25) is 0 Å². The molecule has 0 aromatic carbocycles. The van der Waals surface area contributed by atoms with Crippen LogP contribution in [0.5, 0.6) is 5.75 Å². The molecule has 0 bridgehead atoms. The number of thioether (sulfide) groups is 1. The van der Waals surface area contributed by atoms with E-state index in [4.69, 9.17) is 4.74 Å². The molecule has 1 saturated heterocycles. The van der Waals surface area contributed by atoms with Gasteiger partial charge in [-0.15, -0.1) is 0 Å². The van der Waals surface area contributed by atoms with Crippen LogP contribution in [-0.2, 0) is 0 Å². The molecule has 1 atom stereocenters. The van der Waals surface area contributed by atoms with Gasteiger partial charge in [0.2, 0.25) is 0 Å². The Morgan fingerprint density at radius 1 is 1.53 bits per heavy atom. The van der Waals surface area contributed by atoms with E-state index in [9.17, 15) is 0 Å². The van der Waals surface area contributed by atoms with Crippen molar-refractivity contribution < 1.29 is 4.74 Å². The summed E-state index contributed by atoms with van der Waals surface area (Å²) in [6.45, 7) is 0. The van der Waals surface area contributed by atoms with Gasteiger partial charge in [0.15, 0.2) is 17.2 Å². The Hall–Kier alpha value is -1.23. The van der Waals surface area contributed by atoms with Gasteiger partial charge in [-0.2, -0.15) is 16.9 Å². The number of aromatic nitrogens is 3. The predicted octanol–water partition coefficient (Wildman–Crippen LogP) is 2.35. The van der Waals surface area contributed by atoms with Crippen molar-refractivity contribution in [2.24, 2.45) is 0 Å². The molecule has 0 spiro atoms. The Labute approximate surface area is 104 Å². The second kappa shape index (κ2) is 4.56. The molecule has 1 unspecified atom stereocenters. The maximum atomic E-state index is 5.30. The number of nitrogens with zero attached hydrogens (tertiary/aromatic N) is 3. The highest BCUT2D eigenvalue weighted by Gasteiger charge is 2.21. The van der Waals surface area contributed by atoms with Gasteiger partial charge in [-0.1, -0.05) is 0 Å². The van der Waals surface area contributed by atoms with Gasteiger partial charge in [0.25, 0.3) is 0 Å². The summed E-state index contributed by atoms with van der Waals surface area (Å²) in [6.07, 6.45) is 4.39. The molecule has 5 heteroatoms. The van der Waals surface area contributed by atoms with E-state index in [2.05, 4.69) is 10.1 Å². The van der Waals surface area contributed by atoms with Gasteiger partial charge in [-0.25, -0.2) is 9.50 Å².